The molecule has 0 aliphatic heterocycles. The topological polar surface area (TPSA) is 30.5 Å². The van der Waals surface area contributed by atoms with E-state index in [4.69, 9.17) is 9.47 Å². The van der Waals surface area contributed by atoms with Crippen molar-refractivity contribution in [3.8, 4) is 5.75 Å². The van der Waals surface area contributed by atoms with Gasteiger partial charge >= 0.3 is 0 Å². The fourth-order valence-corrected chi connectivity index (χ4v) is 2.27. The maximum Gasteiger partial charge on any atom is 0.123 e. The first-order chi connectivity index (χ1) is 9.72. The van der Waals surface area contributed by atoms with Crippen LogP contribution in [0.3, 0.4) is 0 Å². The number of ether oxygens (including phenoxy) is 2. The van der Waals surface area contributed by atoms with Gasteiger partial charge in [0.25, 0.3) is 0 Å². The van der Waals surface area contributed by atoms with Crippen molar-refractivity contribution < 1.29 is 9.47 Å². The second-order valence-electron chi connectivity index (χ2n) is 5.06. The molecule has 0 aromatic heterocycles. The van der Waals surface area contributed by atoms with E-state index >= 15 is 0 Å². The Morgan fingerprint density at radius 2 is 1.90 bits per heavy atom. The predicted octanol–water partition coefficient (Wildman–Crippen LogP) is 3.36. The smallest absolute Gasteiger partial charge is 0.123 e. The second kappa shape index (κ2) is 7.27. The van der Waals surface area contributed by atoms with Gasteiger partial charge in [-0.25, -0.2) is 0 Å². The second-order valence-corrected chi connectivity index (χ2v) is 5.06. The van der Waals surface area contributed by atoms with E-state index in [1.165, 1.54) is 16.3 Å². The molecule has 0 unspecified atom stereocenters. The molecular formula is C17H23NO2. The number of methoxy groups -OCH3 is 1. The summed E-state index contributed by atoms with van der Waals surface area (Å²) in [7, 11) is 1.72. The monoisotopic (exact) mass is 273 g/mol. The third-order valence-corrected chi connectivity index (χ3v) is 3.25. The number of rotatable bonds is 7. The van der Waals surface area contributed by atoms with E-state index in [9.17, 15) is 0 Å². The third kappa shape index (κ3) is 3.71. The zero-order valence-electron chi connectivity index (χ0n) is 12.5. The van der Waals surface area contributed by atoms with E-state index in [-0.39, 0.29) is 6.10 Å². The zero-order valence-corrected chi connectivity index (χ0v) is 12.5. The van der Waals surface area contributed by atoms with Crippen LogP contribution in [0, 0.1) is 0 Å². The summed E-state index contributed by atoms with van der Waals surface area (Å²) in [5.41, 5.74) is 1.20. The zero-order chi connectivity index (χ0) is 14.4. The maximum atomic E-state index is 5.53. The van der Waals surface area contributed by atoms with E-state index in [1.807, 2.05) is 19.9 Å². The van der Waals surface area contributed by atoms with Crippen molar-refractivity contribution in [3.63, 3.8) is 0 Å². The minimum absolute atomic E-state index is 0.281. The van der Waals surface area contributed by atoms with E-state index in [0.29, 0.717) is 0 Å². The third-order valence-electron chi connectivity index (χ3n) is 3.25. The highest BCUT2D eigenvalue weighted by atomic mass is 16.5. The van der Waals surface area contributed by atoms with Gasteiger partial charge in [0.1, 0.15) is 5.75 Å². The van der Waals surface area contributed by atoms with Crippen LogP contribution in [0.4, 0.5) is 0 Å². The fraction of sp³-hybridized carbons (Fsp3) is 0.412. The van der Waals surface area contributed by atoms with Gasteiger partial charge in [0.2, 0.25) is 0 Å². The molecule has 20 heavy (non-hydrogen) atoms. The summed E-state index contributed by atoms with van der Waals surface area (Å²) in [5.74, 6) is 0.931. The summed E-state index contributed by atoms with van der Waals surface area (Å²) >= 11 is 0. The summed E-state index contributed by atoms with van der Waals surface area (Å²) in [5, 5.41) is 5.90. The fourth-order valence-electron chi connectivity index (χ4n) is 2.27. The molecule has 0 aliphatic rings. The largest absolute Gasteiger partial charge is 0.496 e. The molecule has 2 aromatic rings. The van der Waals surface area contributed by atoms with E-state index < -0.39 is 0 Å². The predicted molar refractivity (Wildman–Crippen MR) is 83.3 cm³/mol. The molecule has 2 rings (SSSR count). The van der Waals surface area contributed by atoms with Gasteiger partial charge in [-0.3, -0.25) is 0 Å². The van der Waals surface area contributed by atoms with Crippen LogP contribution in [0.25, 0.3) is 10.8 Å². The Labute approximate surface area is 120 Å². The van der Waals surface area contributed by atoms with Crippen molar-refractivity contribution in [1.82, 2.24) is 5.32 Å². The lowest BCUT2D eigenvalue weighted by atomic mass is 10.0. The van der Waals surface area contributed by atoms with Crippen molar-refractivity contribution in [3.05, 3.63) is 42.0 Å². The van der Waals surface area contributed by atoms with Gasteiger partial charge < -0.3 is 14.8 Å². The summed E-state index contributed by atoms with van der Waals surface area (Å²) in [4.78, 5) is 0. The highest BCUT2D eigenvalue weighted by Crippen LogP contribution is 2.27. The molecule has 0 amide bonds. The Bertz CT molecular complexity index is 552. The molecule has 0 radical (unpaired) electrons. The first-order valence-corrected chi connectivity index (χ1v) is 7.09. The molecule has 0 spiro atoms. The molecule has 0 aliphatic carbocycles. The summed E-state index contributed by atoms with van der Waals surface area (Å²) in [6, 6.07) is 12.5. The van der Waals surface area contributed by atoms with Gasteiger partial charge in [0.05, 0.1) is 19.8 Å². The molecule has 0 fully saturated rings. The molecule has 0 saturated heterocycles. The normalized spacial score (nSPS) is 11.2. The van der Waals surface area contributed by atoms with Gasteiger partial charge in [0.15, 0.2) is 0 Å². The number of hydrogen-bond acceptors (Lipinski definition) is 3. The van der Waals surface area contributed by atoms with Crippen molar-refractivity contribution in [2.75, 3.05) is 20.3 Å². The standard InChI is InChI=1S/C17H23NO2/c1-13(2)20-11-10-18-12-16-15-7-5-4-6-14(15)8-9-17(16)19-3/h4-9,13,18H,10-12H2,1-3H3. The Morgan fingerprint density at radius 3 is 2.65 bits per heavy atom. The van der Waals surface area contributed by atoms with E-state index in [1.54, 1.807) is 7.11 Å². The Balaban J connectivity index is 2.07. The number of fused-ring (bicyclic) bond motifs is 1. The van der Waals surface area contributed by atoms with E-state index in [0.717, 1.165) is 25.4 Å². The average Bonchev–Trinajstić information content (AvgIpc) is 2.46. The first-order valence-electron chi connectivity index (χ1n) is 7.09. The maximum absolute atomic E-state index is 5.53. The van der Waals surface area contributed by atoms with Crippen LogP contribution in [0.2, 0.25) is 0 Å². The molecule has 108 valence electrons. The highest BCUT2D eigenvalue weighted by Gasteiger charge is 2.07. The minimum Gasteiger partial charge on any atom is -0.496 e. The van der Waals surface area contributed by atoms with Crippen molar-refractivity contribution in [2.45, 2.75) is 26.5 Å². The quantitative estimate of drug-likeness (QED) is 0.785. The lowest BCUT2D eigenvalue weighted by Gasteiger charge is -2.13. The Morgan fingerprint density at radius 1 is 1.10 bits per heavy atom. The van der Waals surface area contributed by atoms with Gasteiger partial charge in [-0.2, -0.15) is 0 Å². The van der Waals surface area contributed by atoms with Crippen LogP contribution >= 0.6 is 0 Å². The molecule has 3 nitrogen and oxygen atoms in total. The van der Waals surface area contributed by atoms with Gasteiger partial charge in [-0.15, -0.1) is 0 Å². The van der Waals surface area contributed by atoms with Gasteiger partial charge in [0, 0.05) is 18.7 Å². The van der Waals surface area contributed by atoms with Gasteiger partial charge in [-0.1, -0.05) is 30.3 Å². The molecule has 3 heteroatoms. The number of benzene rings is 2. The summed E-state index contributed by atoms with van der Waals surface area (Å²) in [6.45, 7) is 6.45. The molecule has 0 heterocycles. The molecule has 1 N–H and O–H groups in total. The molecule has 0 atom stereocenters. The number of nitrogens with one attached hydrogen (secondary N) is 1. The highest BCUT2D eigenvalue weighted by molar-refractivity contribution is 5.87. The van der Waals surface area contributed by atoms with Crippen LogP contribution in [0.1, 0.15) is 19.4 Å². The molecule has 0 saturated carbocycles. The number of hydrogen-bond donors (Lipinski definition) is 1. The molecular weight excluding hydrogens is 250 g/mol. The summed E-state index contributed by atoms with van der Waals surface area (Å²) in [6.07, 6.45) is 0.281. The van der Waals surface area contributed by atoms with Crippen molar-refractivity contribution >= 4 is 10.8 Å². The van der Waals surface area contributed by atoms with E-state index in [2.05, 4.69) is 35.6 Å². The lowest BCUT2D eigenvalue weighted by Crippen LogP contribution is -2.21. The van der Waals surface area contributed by atoms with Crippen LogP contribution in [0.5, 0.6) is 5.75 Å². The first kappa shape index (κ1) is 14.8. The molecule has 2 aromatic carbocycles. The lowest BCUT2D eigenvalue weighted by molar-refractivity contribution is 0.0807. The minimum atomic E-state index is 0.281. The average molecular weight is 273 g/mol. The van der Waals surface area contributed by atoms with Crippen molar-refractivity contribution in [1.29, 1.82) is 0 Å². The van der Waals surface area contributed by atoms with Crippen LogP contribution in [0.15, 0.2) is 36.4 Å². The van der Waals surface area contributed by atoms with Gasteiger partial charge in [-0.05, 0) is 30.7 Å². The van der Waals surface area contributed by atoms with Crippen LogP contribution in [-0.2, 0) is 11.3 Å². The van der Waals surface area contributed by atoms with Crippen LogP contribution < -0.4 is 10.1 Å². The summed E-state index contributed by atoms with van der Waals surface area (Å²) < 4.78 is 11.0. The van der Waals surface area contributed by atoms with Crippen LogP contribution in [-0.4, -0.2) is 26.4 Å². The SMILES string of the molecule is COc1ccc2ccccc2c1CNCCOC(C)C. The van der Waals surface area contributed by atoms with Crippen molar-refractivity contribution in [2.24, 2.45) is 0 Å². The Hall–Kier alpha value is -1.58. The molecule has 0 bridgehead atoms. The Kier molecular flexibility index (Phi) is 5.39.